The summed E-state index contributed by atoms with van der Waals surface area (Å²) < 4.78 is 0. The maximum Gasteiger partial charge on any atom is 0.161 e. The Balaban J connectivity index is 3.83. The Bertz CT molecular complexity index is 218. The summed E-state index contributed by atoms with van der Waals surface area (Å²) in [4.78, 5) is 11.7. The van der Waals surface area contributed by atoms with E-state index in [0.717, 1.165) is 19.3 Å². The van der Waals surface area contributed by atoms with Crippen LogP contribution in [0.2, 0.25) is 0 Å². The number of unbranched alkanes of at least 4 members (excludes halogenated alkanes) is 1. The molecule has 0 aromatic rings. The Morgan fingerprint density at radius 1 is 1.06 bits per heavy atom. The summed E-state index contributed by atoms with van der Waals surface area (Å²) in [6.45, 7) is 12.3. The fourth-order valence-corrected chi connectivity index (χ4v) is 1.57. The van der Waals surface area contributed by atoms with E-state index in [-0.39, 0.29) is 11.2 Å². The van der Waals surface area contributed by atoms with Crippen LogP contribution in [-0.4, -0.2) is 17.0 Å². The highest BCUT2D eigenvalue weighted by Gasteiger charge is 2.28. The predicted octanol–water partition coefficient (Wildman–Crippen LogP) is 3.57. The molecule has 0 aliphatic heterocycles. The van der Waals surface area contributed by atoms with E-state index in [4.69, 9.17) is 0 Å². The molecule has 2 heteroatoms. The number of carbonyl (C=O) groups is 1. The SMILES string of the molecule is CC(C)(C)CCCCC(=O)C(O)C(C)(C)C. The number of carbonyl (C=O) groups excluding carboxylic acids is 1. The topological polar surface area (TPSA) is 37.3 Å². The number of Topliss-reactive ketones (excluding diaryl/α,β-unsaturated/α-hetero) is 1. The molecule has 1 atom stereocenters. The molecule has 96 valence electrons. The molecule has 0 saturated heterocycles. The molecule has 0 spiro atoms. The number of hydrogen-bond donors (Lipinski definition) is 1. The third kappa shape index (κ3) is 7.00. The van der Waals surface area contributed by atoms with Crippen molar-refractivity contribution in [1.29, 1.82) is 0 Å². The second-order valence-electron chi connectivity index (χ2n) is 7.00. The third-order valence-corrected chi connectivity index (χ3v) is 2.73. The highest BCUT2D eigenvalue weighted by Crippen LogP contribution is 2.24. The van der Waals surface area contributed by atoms with Gasteiger partial charge in [0.1, 0.15) is 6.10 Å². The van der Waals surface area contributed by atoms with Gasteiger partial charge in [-0.2, -0.15) is 0 Å². The van der Waals surface area contributed by atoms with Gasteiger partial charge in [-0.25, -0.2) is 0 Å². The lowest BCUT2D eigenvalue weighted by Gasteiger charge is -2.24. The average molecular weight is 228 g/mol. The summed E-state index contributed by atoms with van der Waals surface area (Å²) in [5.41, 5.74) is 0.00675. The predicted molar refractivity (Wildman–Crippen MR) is 68.4 cm³/mol. The van der Waals surface area contributed by atoms with Crippen molar-refractivity contribution < 1.29 is 9.90 Å². The zero-order chi connectivity index (χ0) is 13.0. The standard InChI is InChI=1S/C14H28O2/c1-13(2,3)10-8-7-9-11(15)12(16)14(4,5)6/h12,16H,7-10H2,1-6H3. The minimum Gasteiger partial charge on any atom is -0.385 e. The lowest BCUT2D eigenvalue weighted by Crippen LogP contribution is -2.34. The molecule has 0 rings (SSSR count). The Kier molecular flexibility index (Phi) is 5.67. The molecule has 1 unspecified atom stereocenters. The molecule has 16 heavy (non-hydrogen) atoms. The summed E-state index contributed by atoms with van der Waals surface area (Å²) in [6.07, 6.45) is 2.78. The highest BCUT2D eigenvalue weighted by molar-refractivity contribution is 5.83. The van der Waals surface area contributed by atoms with E-state index in [0.29, 0.717) is 11.8 Å². The number of aliphatic hydroxyl groups excluding tert-OH is 1. The van der Waals surface area contributed by atoms with E-state index >= 15 is 0 Å². The van der Waals surface area contributed by atoms with Gasteiger partial charge in [0.25, 0.3) is 0 Å². The van der Waals surface area contributed by atoms with Crippen molar-refractivity contribution in [2.75, 3.05) is 0 Å². The summed E-state index contributed by atoms with van der Waals surface area (Å²) in [7, 11) is 0. The fourth-order valence-electron chi connectivity index (χ4n) is 1.57. The van der Waals surface area contributed by atoms with Gasteiger partial charge in [-0.3, -0.25) is 4.79 Å². The molecule has 0 amide bonds. The average Bonchev–Trinajstić information content (AvgIpc) is 2.07. The lowest BCUT2D eigenvalue weighted by atomic mass is 9.84. The van der Waals surface area contributed by atoms with E-state index in [2.05, 4.69) is 20.8 Å². The minimum absolute atomic E-state index is 0.0126. The van der Waals surface area contributed by atoms with Crippen LogP contribution in [0, 0.1) is 10.8 Å². The van der Waals surface area contributed by atoms with Gasteiger partial charge in [0.15, 0.2) is 5.78 Å². The van der Waals surface area contributed by atoms with Crippen LogP contribution in [0.5, 0.6) is 0 Å². The van der Waals surface area contributed by atoms with E-state index in [1.54, 1.807) is 0 Å². The maximum atomic E-state index is 11.7. The number of hydrogen-bond acceptors (Lipinski definition) is 2. The van der Waals surface area contributed by atoms with Crippen molar-refractivity contribution in [2.24, 2.45) is 10.8 Å². The van der Waals surface area contributed by atoms with Crippen molar-refractivity contribution in [3.63, 3.8) is 0 Å². The smallest absolute Gasteiger partial charge is 0.161 e. The molecule has 1 N–H and O–H groups in total. The van der Waals surface area contributed by atoms with Gasteiger partial charge in [-0.1, -0.05) is 48.0 Å². The molecule has 0 aromatic carbocycles. The van der Waals surface area contributed by atoms with E-state index in [1.165, 1.54) is 0 Å². The Hall–Kier alpha value is -0.370. The summed E-state index contributed by atoms with van der Waals surface area (Å²) >= 11 is 0. The molecule has 0 saturated carbocycles. The van der Waals surface area contributed by atoms with E-state index in [9.17, 15) is 9.90 Å². The molecule has 0 aromatic heterocycles. The Labute approximate surface area is 100 Å². The van der Waals surface area contributed by atoms with Gasteiger partial charge in [-0.05, 0) is 23.7 Å². The first-order chi connectivity index (χ1) is 7.04. The van der Waals surface area contributed by atoms with Gasteiger partial charge in [-0.15, -0.1) is 0 Å². The second-order valence-corrected chi connectivity index (χ2v) is 7.00. The van der Waals surface area contributed by atoms with Crippen LogP contribution in [0.15, 0.2) is 0 Å². The van der Waals surface area contributed by atoms with Gasteiger partial charge >= 0.3 is 0 Å². The fraction of sp³-hybridized carbons (Fsp3) is 0.929. The van der Waals surface area contributed by atoms with Crippen molar-refractivity contribution in [2.45, 2.75) is 73.3 Å². The number of aliphatic hydroxyl groups is 1. The summed E-state index contributed by atoms with van der Waals surface area (Å²) in [5, 5.41) is 9.76. The molecule has 0 aliphatic rings. The second kappa shape index (κ2) is 5.81. The lowest BCUT2D eigenvalue weighted by molar-refractivity contribution is -0.132. The number of ketones is 1. The monoisotopic (exact) mass is 228 g/mol. The minimum atomic E-state index is -0.817. The van der Waals surface area contributed by atoms with Crippen molar-refractivity contribution in [3.8, 4) is 0 Å². The normalized spacial score (nSPS) is 14.9. The molecule has 0 bridgehead atoms. The first-order valence-corrected chi connectivity index (χ1v) is 6.25. The van der Waals surface area contributed by atoms with Gasteiger partial charge in [0, 0.05) is 6.42 Å². The van der Waals surface area contributed by atoms with E-state index < -0.39 is 6.10 Å². The molecule has 0 heterocycles. The molecule has 0 aliphatic carbocycles. The Morgan fingerprint density at radius 2 is 1.56 bits per heavy atom. The first kappa shape index (κ1) is 15.6. The quantitative estimate of drug-likeness (QED) is 0.730. The van der Waals surface area contributed by atoms with Gasteiger partial charge in [0.2, 0.25) is 0 Å². The van der Waals surface area contributed by atoms with Crippen LogP contribution in [-0.2, 0) is 4.79 Å². The molecule has 2 nitrogen and oxygen atoms in total. The van der Waals surface area contributed by atoms with Gasteiger partial charge < -0.3 is 5.11 Å². The highest BCUT2D eigenvalue weighted by atomic mass is 16.3. The largest absolute Gasteiger partial charge is 0.385 e. The first-order valence-electron chi connectivity index (χ1n) is 6.25. The summed E-state index contributed by atoms with van der Waals surface area (Å²) in [5.74, 6) is -0.0126. The van der Waals surface area contributed by atoms with Crippen molar-refractivity contribution in [1.82, 2.24) is 0 Å². The van der Waals surface area contributed by atoms with Crippen LogP contribution in [0.4, 0.5) is 0 Å². The van der Waals surface area contributed by atoms with Crippen LogP contribution in [0.1, 0.15) is 67.2 Å². The third-order valence-electron chi connectivity index (χ3n) is 2.73. The molecule has 0 fully saturated rings. The Morgan fingerprint density at radius 3 is 1.94 bits per heavy atom. The van der Waals surface area contributed by atoms with Crippen LogP contribution in [0.3, 0.4) is 0 Å². The zero-order valence-electron chi connectivity index (χ0n) is 11.8. The van der Waals surface area contributed by atoms with Crippen LogP contribution >= 0.6 is 0 Å². The van der Waals surface area contributed by atoms with Crippen molar-refractivity contribution in [3.05, 3.63) is 0 Å². The molecule has 0 radical (unpaired) electrons. The van der Waals surface area contributed by atoms with Crippen molar-refractivity contribution >= 4 is 5.78 Å². The number of rotatable bonds is 5. The molecular weight excluding hydrogens is 200 g/mol. The summed E-state index contributed by atoms with van der Waals surface area (Å²) in [6, 6.07) is 0. The van der Waals surface area contributed by atoms with Gasteiger partial charge in [0.05, 0.1) is 0 Å². The van der Waals surface area contributed by atoms with Crippen LogP contribution < -0.4 is 0 Å². The maximum absolute atomic E-state index is 11.7. The molecular formula is C14H28O2. The zero-order valence-corrected chi connectivity index (χ0v) is 11.8. The van der Waals surface area contributed by atoms with Crippen LogP contribution in [0.25, 0.3) is 0 Å². The van der Waals surface area contributed by atoms with E-state index in [1.807, 2.05) is 20.8 Å².